The van der Waals surface area contributed by atoms with Gasteiger partial charge in [-0.25, -0.2) is 4.39 Å². The lowest BCUT2D eigenvalue weighted by atomic mass is 10.0. The molecule has 1 aliphatic rings. The van der Waals surface area contributed by atoms with Crippen molar-refractivity contribution in [2.45, 2.75) is 31.8 Å². The Morgan fingerprint density at radius 2 is 2.31 bits per heavy atom. The SMILES string of the molecule is Fc1c(Cl)cccc1CNC1C=CCCC1. The van der Waals surface area contributed by atoms with Gasteiger partial charge in [-0.1, -0.05) is 35.9 Å². The molecule has 86 valence electrons. The highest BCUT2D eigenvalue weighted by atomic mass is 35.5. The van der Waals surface area contributed by atoms with Crippen LogP contribution in [0.3, 0.4) is 0 Å². The molecule has 1 nitrogen and oxygen atoms in total. The number of allylic oxidation sites excluding steroid dienone is 1. The molecule has 1 aromatic rings. The molecular formula is C13H15ClFN. The molecule has 0 heterocycles. The Kier molecular flexibility index (Phi) is 3.97. The molecule has 0 saturated heterocycles. The molecule has 2 rings (SSSR count). The van der Waals surface area contributed by atoms with E-state index in [0.29, 0.717) is 18.2 Å². The van der Waals surface area contributed by atoms with E-state index in [9.17, 15) is 4.39 Å². The Labute approximate surface area is 100 Å². The molecule has 0 bridgehead atoms. The van der Waals surface area contributed by atoms with Crippen LogP contribution in [-0.2, 0) is 6.54 Å². The summed E-state index contributed by atoms with van der Waals surface area (Å²) in [7, 11) is 0. The number of rotatable bonds is 3. The summed E-state index contributed by atoms with van der Waals surface area (Å²) in [5, 5.41) is 3.51. The van der Waals surface area contributed by atoms with Crippen molar-refractivity contribution < 1.29 is 4.39 Å². The van der Waals surface area contributed by atoms with Crippen LogP contribution in [0.5, 0.6) is 0 Å². The zero-order chi connectivity index (χ0) is 11.4. The standard InChI is InChI=1S/C13H15ClFN/c14-12-8-4-5-10(13(12)15)9-16-11-6-2-1-3-7-11/h2,4-6,8,11,16H,1,3,7,9H2. The van der Waals surface area contributed by atoms with Crippen molar-refractivity contribution >= 4 is 11.6 Å². The highest BCUT2D eigenvalue weighted by molar-refractivity contribution is 6.30. The minimum atomic E-state index is -0.309. The van der Waals surface area contributed by atoms with E-state index in [1.807, 2.05) is 0 Å². The monoisotopic (exact) mass is 239 g/mol. The summed E-state index contributed by atoms with van der Waals surface area (Å²) in [6, 6.07) is 5.48. The Bertz CT molecular complexity index is 390. The fourth-order valence-corrected chi connectivity index (χ4v) is 2.10. The zero-order valence-corrected chi connectivity index (χ0v) is 9.80. The van der Waals surface area contributed by atoms with Crippen molar-refractivity contribution in [1.82, 2.24) is 5.32 Å². The fraction of sp³-hybridized carbons (Fsp3) is 0.385. The van der Waals surface area contributed by atoms with Gasteiger partial charge < -0.3 is 5.32 Å². The zero-order valence-electron chi connectivity index (χ0n) is 9.05. The topological polar surface area (TPSA) is 12.0 Å². The number of halogens is 2. The Hall–Kier alpha value is -0.860. The molecule has 0 amide bonds. The largest absolute Gasteiger partial charge is 0.306 e. The minimum absolute atomic E-state index is 0.193. The second-order valence-electron chi connectivity index (χ2n) is 4.06. The van der Waals surface area contributed by atoms with Crippen LogP contribution in [-0.4, -0.2) is 6.04 Å². The van der Waals surface area contributed by atoms with Crippen LogP contribution < -0.4 is 5.32 Å². The highest BCUT2D eigenvalue weighted by Crippen LogP contribution is 2.18. The van der Waals surface area contributed by atoms with E-state index in [2.05, 4.69) is 17.5 Å². The van der Waals surface area contributed by atoms with E-state index in [-0.39, 0.29) is 10.8 Å². The summed E-state index contributed by atoms with van der Waals surface area (Å²) in [5.41, 5.74) is 0.631. The summed E-state index contributed by atoms with van der Waals surface area (Å²) in [6.45, 7) is 0.529. The second kappa shape index (κ2) is 5.46. The van der Waals surface area contributed by atoms with Crippen LogP contribution in [0, 0.1) is 5.82 Å². The molecule has 0 aliphatic heterocycles. The van der Waals surface area contributed by atoms with Crippen molar-refractivity contribution in [3.05, 3.63) is 46.8 Å². The van der Waals surface area contributed by atoms with Crippen molar-refractivity contribution in [2.24, 2.45) is 0 Å². The molecule has 1 unspecified atom stereocenters. The van der Waals surface area contributed by atoms with Gasteiger partial charge in [-0.3, -0.25) is 0 Å². The Balaban J connectivity index is 1.96. The third-order valence-electron chi connectivity index (χ3n) is 2.84. The molecule has 0 fully saturated rings. The van der Waals surface area contributed by atoms with Crippen LogP contribution in [0.1, 0.15) is 24.8 Å². The Morgan fingerprint density at radius 1 is 1.44 bits per heavy atom. The number of benzene rings is 1. The molecule has 1 N–H and O–H groups in total. The molecule has 1 aromatic carbocycles. The first-order valence-corrected chi connectivity index (χ1v) is 5.98. The van der Waals surface area contributed by atoms with Crippen LogP contribution in [0.25, 0.3) is 0 Å². The van der Waals surface area contributed by atoms with Gasteiger partial charge in [0.1, 0.15) is 5.82 Å². The molecule has 1 atom stereocenters. The van der Waals surface area contributed by atoms with Gasteiger partial charge in [0.05, 0.1) is 5.02 Å². The average molecular weight is 240 g/mol. The van der Waals surface area contributed by atoms with E-state index < -0.39 is 0 Å². The average Bonchev–Trinajstić information content (AvgIpc) is 2.32. The first kappa shape index (κ1) is 11.6. The predicted octanol–water partition coefficient (Wildman–Crippen LogP) is 3.68. The molecule has 0 saturated carbocycles. The van der Waals surface area contributed by atoms with E-state index in [0.717, 1.165) is 12.8 Å². The van der Waals surface area contributed by atoms with Crippen LogP contribution in [0.4, 0.5) is 4.39 Å². The van der Waals surface area contributed by atoms with Gasteiger partial charge in [0.25, 0.3) is 0 Å². The third kappa shape index (κ3) is 2.83. The van der Waals surface area contributed by atoms with Crippen LogP contribution in [0.15, 0.2) is 30.4 Å². The number of hydrogen-bond donors (Lipinski definition) is 1. The normalized spacial score (nSPS) is 20.0. The molecule has 0 aromatic heterocycles. The van der Waals surface area contributed by atoms with Crippen molar-refractivity contribution in [1.29, 1.82) is 0 Å². The van der Waals surface area contributed by atoms with Gasteiger partial charge in [0.15, 0.2) is 0 Å². The van der Waals surface area contributed by atoms with Gasteiger partial charge in [-0.15, -0.1) is 0 Å². The first-order valence-electron chi connectivity index (χ1n) is 5.60. The van der Waals surface area contributed by atoms with Crippen molar-refractivity contribution in [2.75, 3.05) is 0 Å². The fourth-order valence-electron chi connectivity index (χ4n) is 1.91. The molecule has 16 heavy (non-hydrogen) atoms. The van der Waals surface area contributed by atoms with Gasteiger partial charge in [0, 0.05) is 18.2 Å². The molecule has 3 heteroatoms. The summed E-state index contributed by atoms with van der Waals surface area (Å²) in [6.07, 6.45) is 7.82. The lowest BCUT2D eigenvalue weighted by molar-refractivity contribution is 0.509. The minimum Gasteiger partial charge on any atom is -0.306 e. The van der Waals surface area contributed by atoms with E-state index >= 15 is 0 Å². The second-order valence-corrected chi connectivity index (χ2v) is 4.47. The summed E-state index contributed by atoms with van der Waals surface area (Å²) >= 11 is 5.72. The maximum Gasteiger partial charge on any atom is 0.146 e. The molecular weight excluding hydrogens is 225 g/mol. The maximum absolute atomic E-state index is 13.6. The van der Waals surface area contributed by atoms with Gasteiger partial charge in [0.2, 0.25) is 0 Å². The van der Waals surface area contributed by atoms with Crippen molar-refractivity contribution in [3.63, 3.8) is 0 Å². The lowest BCUT2D eigenvalue weighted by Crippen LogP contribution is -2.28. The molecule has 0 radical (unpaired) electrons. The number of nitrogens with one attached hydrogen (secondary N) is 1. The summed E-state index contributed by atoms with van der Waals surface area (Å²) < 4.78 is 13.6. The summed E-state index contributed by atoms with van der Waals surface area (Å²) in [5.74, 6) is -0.309. The van der Waals surface area contributed by atoms with E-state index in [4.69, 9.17) is 11.6 Å². The molecule has 0 spiro atoms. The lowest BCUT2D eigenvalue weighted by Gasteiger charge is -2.18. The first-order chi connectivity index (χ1) is 7.77. The van der Waals surface area contributed by atoms with Crippen LogP contribution in [0.2, 0.25) is 5.02 Å². The number of hydrogen-bond acceptors (Lipinski definition) is 1. The highest BCUT2D eigenvalue weighted by Gasteiger charge is 2.10. The predicted molar refractivity (Wildman–Crippen MR) is 65.0 cm³/mol. The maximum atomic E-state index is 13.6. The van der Waals surface area contributed by atoms with Crippen molar-refractivity contribution in [3.8, 4) is 0 Å². The van der Waals surface area contributed by atoms with Gasteiger partial charge in [-0.05, 0) is 25.3 Å². The Morgan fingerprint density at radius 3 is 3.06 bits per heavy atom. The van der Waals surface area contributed by atoms with E-state index in [1.165, 1.54) is 6.42 Å². The third-order valence-corrected chi connectivity index (χ3v) is 3.13. The van der Waals surface area contributed by atoms with Gasteiger partial charge >= 0.3 is 0 Å². The molecule has 1 aliphatic carbocycles. The quantitative estimate of drug-likeness (QED) is 0.794. The van der Waals surface area contributed by atoms with E-state index in [1.54, 1.807) is 18.2 Å². The van der Waals surface area contributed by atoms with Crippen LogP contribution >= 0.6 is 11.6 Å². The van der Waals surface area contributed by atoms with Gasteiger partial charge in [-0.2, -0.15) is 0 Å². The smallest absolute Gasteiger partial charge is 0.146 e. The summed E-state index contributed by atoms with van der Waals surface area (Å²) in [4.78, 5) is 0.